The minimum absolute atomic E-state index is 0.112. The lowest BCUT2D eigenvalue weighted by Gasteiger charge is -2.35. The second-order valence-corrected chi connectivity index (χ2v) is 7.87. The Bertz CT molecular complexity index is 817. The highest BCUT2D eigenvalue weighted by atomic mass is 16.5. The molecule has 26 heavy (non-hydrogen) atoms. The highest BCUT2D eigenvalue weighted by molar-refractivity contribution is 5.59. The molecule has 0 saturated heterocycles. The van der Waals surface area contributed by atoms with Crippen LogP contribution in [0.15, 0.2) is 18.2 Å². The zero-order valence-corrected chi connectivity index (χ0v) is 16.0. The SMILES string of the molecule is Cc1c(C)c2c(c(CCCc3c(O)cccc3O)c1O)CCC(C)(C)O2. The molecule has 4 nitrogen and oxygen atoms in total. The number of ether oxygens (including phenoxy) is 1. The number of phenolic OH excluding ortho intramolecular Hbond substituents is 3. The van der Waals surface area contributed by atoms with Crippen molar-refractivity contribution in [3.8, 4) is 23.0 Å². The van der Waals surface area contributed by atoms with E-state index in [9.17, 15) is 15.3 Å². The molecule has 0 atom stereocenters. The summed E-state index contributed by atoms with van der Waals surface area (Å²) in [6.07, 6.45) is 3.74. The third-order valence-electron chi connectivity index (χ3n) is 5.52. The van der Waals surface area contributed by atoms with Crippen LogP contribution in [0.1, 0.15) is 54.5 Å². The molecule has 1 heterocycles. The first-order valence-corrected chi connectivity index (χ1v) is 9.24. The molecule has 0 aromatic heterocycles. The number of hydrogen-bond donors (Lipinski definition) is 3. The summed E-state index contributed by atoms with van der Waals surface area (Å²) in [5.74, 6) is 1.49. The zero-order chi connectivity index (χ0) is 19.1. The van der Waals surface area contributed by atoms with E-state index in [-0.39, 0.29) is 17.1 Å². The minimum atomic E-state index is -0.194. The molecule has 4 heteroatoms. The van der Waals surface area contributed by atoms with Crippen LogP contribution in [0.4, 0.5) is 0 Å². The van der Waals surface area contributed by atoms with Gasteiger partial charge in [-0.25, -0.2) is 0 Å². The molecule has 1 aliphatic heterocycles. The van der Waals surface area contributed by atoms with E-state index >= 15 is 0 Å². The van der Waals surface area contributed by atoms with E-state index in [4.69, 9.17) is 4.74 Å². The maximum absolute atomic E-state index is 10.7. The van der Waals surface area contributed by atoms with Gasteiger partial charge in [-0.1, -0.05) is 6.07 Å². The summed E-state index contributed by atoms with van der Waals surface area (Å²) < 4.78 is 6.24. The maximum Gasteiger partial charge on any atom is 0.127 e. The van der Waals surface area contributed by atoms with E-state index in [1.165, 1.54) is 0 Å². The summed E-state index contributed by atoms with van der Waals surface area (Å²) in [4.78, 5) is 0. The van der Waals surface area contributed by atoms with Gasteiger partial charge in [-0.05, 0) is 83.1 Å². The molecule has 0 aliphatic carbocycles. The fourth-order valence-corrected chi connectivity index (χ4v) is 3.77. The van der Waals surface area contributed by atoms with Crippen molar-refractivity contribution in [2.45, 2.75) is 65.4 Å². The number of aromatic hydroxyl groups is 3. The quantitative estimate of drug-likeness (QED) is 0.743. The number of benzene rings is 2. The van der Waals surface area contributed by atoms with Gasteiger partial charge in [0.15, 0.2) is 0 Å². The van der Waals surface area contributed by atoms with Crippen LogP contribution in [-0.4, -0.2) is 20.9 Å². The molecule has 3 rings (SSSR count). The third-order valence-corrected chi connectivity index (χ3v) is 5.52. The molecule has 0 radical (unpaired) electrons. The summed E-state index contributed by atoms with van der Waals surface area (Å²) in [6, 6.07) is 4.79. The zero-order valence-electron chi connectivity index (χ0n) is 16.0. The predicted octanol–water partition coefficient (Wildman–Crippen LogP) is 4.70. The number of fused-ring (bicyclic) bond motifs is 1. The molecular weight excluding hydrogens is 328 g/mol. The molecule has 3 N–H and O–H groups in total. The van der Waals surface area contributed by atoms with Crippen LogP contribution in [-0.2, 0) is 19.3 Å². The molecule has 1 aliphatic rings. The van der Waals surface area contributed by atoms with E-state index in [0.717, 1.165) is 47.3 Å². The summed E-state index contributed by atoms with van der Waals surface area (Å²) in [5, 5.41) is 30.6. The van der Waals surface area contributed by atoms with Gasteiger partial charge in [0.1, 0.15) is 28.6 Å². The summed E-state index contributed by atoms with van der Waals surface area (Å²) in [7, 11) is 0. The Balaban J connectivity index is 1.88. The van der Waals surface area contributed by atoms with E-state index in [0.29, 0.717) is 24.2 Å². The molecule has 0 saturated carbocycles. The largest absolute Gasteiger partial charge is 0.508 e. The van der Waals surface area contributed by atoms with Crippen LogP contribution in [0, 0.1) is 13.8 Å². The first kappa shape index (κ1) is 18.4. The van der Waals surface area contributed by atoms with Crippen LogP contribution in [0.5, 0.6) is 23.0 Å². The van der Waals surface area contributed by atoms with Gasteiger partial charge in [0, 0.05) is 16.7 Å². The van der Waals surface area contributed by atoms with Gasteiger partial charge in [0.2, 0.25) is 0 Å². The lowest BCUT2D eigenvalue weighted by Crippen LogP contribution is -2.33. The first-order valence-electron chi connectivity index (χ1n) is 9.24. The first-order chi connectivity index (χ1) is 12.2. The Hall–Kier alpha value is -2.36. The van der Waals surface area contributed by atoms with Crippen molar-refractivity contribution in [3.63, 3.8) is 0 Å². The van der Waals surface area contributed by atoms with Crippen LogP contribution in [0.3, 0.4) is 0 Å². The van der Waals surface area contributed by atoms with Crippen molar-refractivity contribution < 1.29 is 20.1 Å². The monoisotopic (exact) mass is 356 g/mol. The summed E-state index contributed by atoms with van der Waals surface area (Å²) in [5.41, 5.74) is 4.27. The topological polar surface area (TPSA) is 69.9 Å². The second-order valence-electron chi connectivity index (χ2n) is 7.87. The molecular formula is C22H28O4. The smallest absolute Gasteiger partial charge is 0.127 e. The average molecular weight is 356 g/mol. The van der Waals surface area contributed by atoms with Gasteiger partial charge < -0.3 is 20.1 Å². The number of rotatable bonds is 4. The Morgan fingerprint density at radius 1 is 0.962 bits per heavy atom. The van der Waals surface area contributed by atoms with Crippen molar-refractivity contribution >= 4 is 0 Å². The fraction of sp³-hybridized carbons (Fsp3) is 0.455. The van der Waals surface area contributed by atoms with Crippen LogP contribution in [0.25, 0.3) is 0 Å². The van der Waals surface area contributed by atoms with Crippen molar-refractivity contribution in [2.24, 2.45) is 0 Å². The molecule has 0 fully saturated rings. The minimum Gasteiger partial charge on any atom is -0.508 e. The summed E-state index contributed by atoms with van der Waals surface area (Å²) >= 11 is 0. The molecule has 2 aromatic carbocycles. The van der Waals surface area contributed by atoms with Crippen molar-refractivity contribution in [1.29, 1.82) is 0 Å². The lowest BCUT2D eigenvalue weighted by atomic mass is 9.86. The second kappa shape index (κ2) is 6.75. The van der Waals surface area contributed by atoms with Crippen molar-refractivity contribution in [2.75, 3.05) is 0 Å². The third kappa shape index (κ3) is 3.33. The summed E-state index contributed by atoms with van der Waals surface area (Å²) in [6.45, 7) is 8.11. The van der Waals surface area contributed by atoms with Crippen LogP contribution in [0.2, 0.25) is 0 Å². The highest BCUT2D eigenvalue weighted by Crippen LogP contribution is 2.44. The van der Waals surface area contributed by atoms with Crippen molar-refractivity contribution in [3.05, 3.63) is 46.0 Å². The average Bonchev–Trinajstić information content (AvgIpc) is 2.58. The van der Waals surface area contributed by atoms with Crippen LogP contribution >= 0.6 is 0 Å². The molecule has 0 bridgehead atoms. The van der Waals surface area contributed by atoms with E-state index in [1.54, 1.807) is 18.2 Å². The normalized spacial score (nSPS) is 15.4. The molecule has 140 valence electrons. The van der Waals surface area contributed by atoms with Gasteiger partial charge in [-0.2, -0.15) is 0 Å². The van der Waals surface area contributed by atoms with E-state index in [2.05, 4.69) is 13.8 Å². The standard InChI is InChI=1S/C22H28O4/c1-13-14(2)21-16(11-12-22(3,4)26-21)15(20(13)25)7-5-8-17-18(23)9-6-10-19(17)24/h6,9-10,23-25H,5,7-8,11-12H2,1-4H3. The Labute approximate surface area is 155 Å². The molecule has 0 unspecified atom stereocenters. The number of phenols is 3. The molecule has 0 spiro atoms. The molecule has 0 amide bonds. The van der Waals surface area contributed by atoms with Gasteiger partial charge in [-0.3, -0.25) is 0 Å². The lowest BCUT2D eigenvalue weighted by molar-refractivity contribution is 0.0830. The van der Waals surface area contributed by atoms with Gasteiger partial charge in [-0.15, -0.1) is 0 Å². The van der Waals surface area contributed by atoms with Crippen molar-refractivity contribution in [1.82, 2.24) is 0 Å². The maximum atomic E-state index is 10.7. The van der Waals surface area contributed by atoms with E-state index < -0.39 is 0 Å². The predicted molar refractivity (Wildman–Crippen MR) is 102 cm³/mol. The Morgan fingerprint density at radius 3 is 2.23 bits per heavy atom. The van der Waals surface area contributed by atoms with Gasteiger partial charge >= 0.3 is 0 Å². The Morgan fingerprint density at radius 2 is 1.58 bits per heavy atom. The van der Waals surface area contributed by atoms with Crippen LogP contribution < -0.4 is 4.74 Å². The highest BCUT2D eigenvalue weighted by Gasteiger charge is 2.31. The Kier molecular flexibility index (Phi) is 4.78. The fourth-order valence-electron chi connectivity index (χ4n) is 3.77. The van der Waals surface area contributed by atoms with E-state index in [1.807, 2.05) is 13.8 Å². The number of hydrogen-bond acceptors (Lipinski definition) is 4. The van der Waals surface area contributed by atoms with Gasteiger partial charge in [0.25, 0.3) is 0 Å². The molecule has 2 aromatic rings. The van der Waals surface area contributed by atoms with Gasteiger partial charge in [0.05, 0.1) is 0 Å².